The number of hydrogen-bond donors (Lipinski definition) is 0. The topological polar surface area (TPSA) is 159 Å². The lowest BCUT2D eigenvalue weighted by Crippen LogP contribution is -2.59. The molecular formula is C30H34O13. The molecule has 5 atom stereocenters. The van der Waals surface area contributed by atoms with Crippen LogP contribution in [0, 0.1) is 0 Å². The first-order valence-electron chi connectivity index (χ1n) is 13.1. The summed E-state index contributed by atoms with van der Waals surface area (Å²) in [5.74, 6) is -2.71. The van der Waals surface area contributed by atoms with Gasteiger partial charge in [0.2, 0.25) is 0 Å². The third-order valence-electron chi connectivity index (χ3n) is 6.47. The number of rotatable bonds is 10. The van der Waals surface area contributed by atoms with E-state index in [0.29, 0.717) is 28.0 Å². The van der Waals surface area contributed by atoms with Gasteiger partial charge in [-0.2, -0.15) is 0 Å². The summed E-state index contributed by atoms with van der Waals surface area (Å²) in [6, 6.07) is 9.80. The van der Waals surface area contributed by atoms with Gasteiger partial charge in [0.15, 0.2) is 18.3 Å². The van der Waals surface area contributed by atoms with Gasteiger partial charge in [-0.05, 0) is 23.8 Å². The van der Waals surface area contributed by atoms with E-state index in [1.807, 2.05) is 0 Å². The smallest absolute Gasteiger partial charge is 0.337 e. The Morgan fingerprint density at radius 2 is 1.26 bits per heavy atom. The Morgan fingerprint density at radius 1 is 0.698 bits per heavy atom. The van der Waals surface area contributed by atoms with Crippen LogP contribution >= 0.6 is 0 Å². The molecule has 1 saturated heterocycles. The standard InChI is InChI=1S/C30H34O13/c1-15(31)39-14-25-27(40-16(2)32)29(42-18(4)34)28(41-17(3)33)26(43-25)22-12-21(23(36-5)13-24(22)37-6)19-8-10-20(11-9-19)30(35)38-7/h8-13,25-29H,14H2,1-7H3/t25-,26+,27+,28+,29+/m1/s1. The van der Waals surface area contributed by atoms with Crippen molar-refractivity contribution in [2.45, 2.75) is 58.2 Å². The summed E-state index contributed by atoms with van der Waals surface area (Å²) < 4.78 is 44.2. The van der Waals surface area contributed by atoms with Crippen LogP contribution in [0.15, 0.2) is 36.4 Å². The van der Waals surface area contributed by atoms with Crippen LogP contribution in [0.4, 0.5) is 0 Å². The average molecular weight is 603 g/mol. The minimum Gasteiger partial charge on any atom is -0.496 e. The Kier molecular flexibility index (Phi) is 11.1. The summed E-state index contributed by atoms with van der Waals surface area (Å²) in [6.45, 7) is 4.26. The van der Waals surface area contributed by atoms with Crippen LogP contribution in [0.3, 0.4) is 0 Å². The van der Waals surface area contributed by atoms with Crippen LogP contribution in [0.25, 0.3) is 11.1 Å². The zero-order valence-electron chi connectivity index (χ0n) is 24.9. The van der Waals surface area contributed by atoms with Crippen LogP contribution in [-0.2, 0) is 47.6 Å². The molecule has 0 spiro atoms. The first-order valence-corrected chi connectivity index (χ1v) is 13.1. The van der Waals surface area contributed by atoms with Crippen molar-refractivity contribution in [3.63, 3.8) is 0 Å². The van der Waals surface area contributed by atoms with Crippen molar-refractivity contribution in [2.75, 3.05) is 27.9 Å². The van der Waals surface area contributed by atoms with E-state index in [9.17, 15) is 24.0 Å². The fourth-order valence-electron chi connectivity index (χ4n) is 4.75. The quantitative estimate of drug-likeness (QED) is 0.289. The van der Waals surface area contributed by atoms with E-state index in [4.69, 9.17) is 37.9 Å². The number of benzene rings is 2. The fraction of sp³-hybridized carbons (Fsp3) is 0.433. The van der Waals surface area contributed by atoms with E-state index in [1.165, 1.54) is 28.3 Å². The first-order chi connectivity index (χ1) is 20.4. The number of ether oxygens (including phenoxy) is 8. The molecule has 0 radical (unpaired) electrons. The average Bonchev–Trinajstić information content (AvgIpc) is 2.96. The molecule has 13 nitrogen and oxygen atoms in total. The summed E-state index contributed by atoms with van der Waals surface area (Å²) in [4.78, 5) is 60.3. The van der Waals surface area contributed by atoms with Crippen LogP contribution in [0.5, 0.6) is 11.5 Å². The number of carbonyl (C=O) groups excluding carboxylic acids is 5. The molecule has 2 aromatic carbocycles. The van der Waals surface area contributed by atoms with Gasteiger partial charge >= 0.3 is 29.8 Å². The van der Waals surface area contributed by atoms with Crippen molar-refractivity contribution < 1.29 is 61.9 Å². The van der Waals surface area contributed by atoms with Crippen molar-refractivity contribution in [1.82, 2.24) is 0 Å². The lowest BCUT2D eigenvalue weighted by atomic mass is 9.88. The maximum atomic E-state index is 12.3. The highest BCUT2D eigenvalue weighted by Gasteiger charge is 2.53. The molecule has 3 rings (SSSR count). The van der Waals surface area contributed by atoms with Gasteiger partial charge in [-0.1, -0.05) is 12.1 Å². The lowest BCUT2D eigenvalue weighted by molar-refractivity contribution is -0.254. The minimum absolute atomic E-state index is 0.257. The SMILES string of the molecule is COC(=O)c1ccc(-c2cc([C@@H]3O[C@H](COC(C)=O)[C@H](OC(C)=O)[C@H](OC(C)=O)[C@H]3OC(C)=O)c(OC)cc2OC)cc1. The molecule has 1 aliphatic heterocycles. The van der Waals surface area contributed by atoms with Gasteiger partial charge in [0.25, 0.3) is 0 Å². The van der Waals surface area contributed by atoms with E-state index in [-0.39, 0.29) is 12.4 Å². The Labute approximate surface area is 248 Å². The van der Waals surface area contributed by atoms with Crippen molar-refractivity contribution in [3.05, 3.63) is 47.5 Å². The molecule has 0 aromatic heterocycles. The van der Waals surface area contributed by atoms with Gasteiger partial charge in [-0.3, -0.25) is 19.2 Å². The zero-order valence-corrected chi connectivity index (χ0v) is 24.9. The second-order valence-corrected chi connectivity index (χ2v) is 9.48. The highest BCUT2D eigenvalue weighted by Crippen LogP contribution is 2.45. The Bertz CT molecular complexity index is 1350. The van der Waals surface area contributed by atoms with Gasteiger partial charge < -0.3 is 37.9 Å². The molecule has 0 amide bonds. The Balaban J connectivity index is 2.24. The van der Waals surface area contributed by atoms with Gasteiger partial charge in [0.1, 0.15) is 30.3 Å². The second-order valence-electron chi connectivity index (χ2n) is 9.48. The molecule has 0 saturated carbocycles. The van der Waals surface area contributed by atoms with Crippen LogP contribution in [-0.4, -0.2) is 82.2 Å². The molecule has 0 bridgehead atoms. The molecule has 0 N–H and O–H groups in total. The maximum Gasteiger partial charge on any atom is 0.337 e. The van der Waals surface area contributed by atoms with E-state index < -0.39 is 60.4 Å². The Hall–Kier alpha value is -4.65. The number of methoxy groups -OCH3 is 3. The molecular weight excluding hydrogens is 568 g/mol. The highest BCUT2D eigenvalue weighted by molar-refractivity contribution is 5.90. The van der Waals surface area contributed by atoms with Gasteiger partial charge in [-0.25, -0.2) is 4.79 Å². The number of esters is 5. The summed E-state index contributed by atoms with van der Waals surface area (Å²) in [6.07, 6.45) is -6.34. The van der Waals surface area contributed by atoms with E-state index >= 15 is 0 Å². The monoisotopic (exact) mass is 602 g/mol. The highest BCUT2D eigenvalue weighted by atomic mass is 16.7. The first kappa shape index (κ1) is 32.9. The third-order valence-corrected chi connectivity index (χ3v) is 6.47. The van der Waals surface area contributed by atoms with Gasteiger partial charge in [0.05, 0.1) is 26.9 Å². The van der Waals surface area contributed by atoms with E-state index in [1.54, 1.807) is 36.4 Å². The van der Waals surface area contributed by atoms with E-state index in [2.05, 4.69) is 0 Å². The van der Waals surface area contributed by atoms with Crippen LogP contribution < -0.4 is 9.47 Å². The summed E-state index contributed by atoms with van der Waals surface area (Å²) in [7, 11) is 4.16. The molecule has 0 unspecified atom stereocenters. The number of carbonyl (C=O) groups is 5. The van der Waals surface area contributed by atoms with Crippen LogP contribution in [0.1, 0.15) is 49.7 Å². The summed E-state index contributed by atoms with van der Waals surface area (Å²) in [5, 5.41) is 0. The maximum absolute atomic E-state index is 12.3. The van der Waals surface area contributed by atoms with Crippen LogP contribution in [0.2, 0.25) is 0 Å². The molecule has 1 heterocycles. The van der Waals surface area contributed by atoms with E-state index in [0.717, 1.165) is 20.8 Å². The Morgan fingerprint density at radius 3 is 1.77 bits per heavy atom. The summed E-state index contributed by atoms with van der Waals surface area (Å²) >= 11 is 0. The largest absolute Gasteiger partial charge is 0.496 e. The minimum atomic E-state index is -1.36. The lowest BCUT2D eigenvalue weighted by Gasteiger charge is -2.44. The normalized spacial score (nSPS) is 21.1. The molecule has 0 aliphatic carbocycles. The predicted octanol–water partition coefficient (Wildman–Crippen LogP) is 2.96. The molecule has 1 fully saturated rings. The fourth-order valence-corrected chi connectivity index (χ4v) is 4.75. The molecule has 13 heteroatoms. The van der Waals surface area contributed by atoms with Gasteiger partial charge in [-0.15, -0.1) is 0 Å². The number of hydrogen-bond acceptors (Lipinski definition) is 13. The molecule has 232 valence electrons. The van der Waals surface area contributed by atoms with Crippen molar-refractivity contribution in [1.29, 1.82) is 0 Å². The third kappa shape index (κ3) is 8.01. The molecule has 2 aromatic rings. The zero-order chi connectivity index (χ0) is 31.8. The van der Waals surface area contributed by atoms with Crippen molar-refractivity contribution in [2.24, 2.45) is 0 Å². The van der Waals surface area contributed by atoms with Crippen molar-refractivity contribution in [3.8, 4) is 22.6 Å². The summed E-state index contributed by atoms with van der Waals surface area (Å²) in [5.41, 5.74) is 1.85. The molecule has 43 heavy (non-hydrogen) atoms. The second kappa shape index (κ2) is 14.5. The predicted molar refractivity (Wildman–Crippen MR) is 147 cm³/mol. The molecule has 1 aliphatic rings. The van der Waals surface area contributed by atoms with Gasteiger partial charge in [0, 0.05) is 44.9 Å². The van der Waals surface area contributed by atoms with Crippen molar-refractivity contribution >= 4 is 29.8 Å².